The number of rotatable bonds is 4. The van der Waals surface area contributed by atoms with Crippen molar-refractivity contribution in [1.29, 1.82) is 0 Å². The summed E-state index contributed by atoms with van der Waals surface area (Å²) in [5.41, 5.74) is 0. The molecule has 0 radical (unpaired) electrons. The highest BCUT2D eigenvalue weighted by molar-refractivity contribution is 8.13. The lowest BCUT2D eigenvalue weighted by molar-refractivity contribution is 0.336. The second kappa shape index (κ2) is 6.64. The Balaban J connectivity index is 1.63. The Kier molecular flexibility index (Phi) is 5.16. The van der Waals surface area contributed by atoms with E-state index in [4.69, 9.17) is 0 Å². The second-order valence-corrected chi connectivity index (χ2v) is 6.32. The van der Waals surface area contributed by atoms with Gasteiger partial charge in [0.1, 0.15) is 0 Å². The van der Waals surface area contributed by atoms with Gasteiger partial charge in [0.05, 0.1) is 0 Å². The zero-order chi connectivity index (χ0) is 12.1. The quantitative estimate of drug-likeness (QED) is 0.780. The molecule has 0 aliphatic carbocycles. The average Bonchev–Trinajstić information content (AvgIpc) is 2.82. The monoisotopic (exact) mass is 255 g/mol. The first-order valence-electron chi connectivity index (χ1n) is 6.92. The molecule has 0 aromatic carbocycles. The molecule has 0 saturated carbocycles. The molecule has 0 amide bonds. The lowest BCUT2D eigenvalue weighted by Crippen LogP contribution is -2.41. The van der Waals surface area contributed by atoms with Gasteiger partial charge in [0.15, 0.2) is 5.17 Å². The van der Waals surface area contributed by atoms with Gasteiger partial charge in [-0.2, -0.15) is 0 Å². The summed E-state index contributed by atoms with van der Waals surface area (Å²) in [5, 5.41) is 4.66. The van der Waals surface area contributed by atoms with E-state index >= 15 is 0 Å². The molecule has 2 aliphatic rings. The average molecular weight is 255 g/mol. The molecular formula is C13H25N3S. The second-order valence-electron chi connectivity index (χ2n) is 5.31. The highest BCUT2D eigenvalue weighted by Gasteiger charge is 2.20. The maximum Gasteiger partial charge on any atom is 0.156 e. The van der Waals surface area contributed by atoms with Crippen molar-refractivity contribution in [2.75, 3.05) is 31.9 Å². The van der Waals surface area contributed by atoms with Crippen LogP contribution in [0.4, 0.5) is 0 Å². The van der Waals surface area contributed by atoms with E-state index in [1.54, 1.807) is 0 Å². The molecule has 2 saturated heterocycles. The van der Waals surface area contributed by atoms with Gasteiger partial charge in [0.25, 0.3) is 0 Å². The van der Waals surface area contributed by atoms with E-state index in [0.717, 1.165) is 17.6 Å². The number of thioether (sulfide) groups is 1. The first-order chi connectivity index (χ1) is 8.25. The summed E-state index contributed by atoms with van der Waals surface area (Å²) in [5.74, 6) is 1.96. The molecule has 0 spiro atoms. The van der Waals surface area contributed by atoms with Crippen molar-refractivity contribution >= 4 is 16.9 Å². The molecule has 4 heteroatoms. The summed E-state index contributed by atoms with van der Waals surface area (Å²) >= 11 is 1.88. The number of hydrogen-bond acceptors (Lipinski definition) is 3. The summed E-state index contributed by atoms with van der Waals surface area (Å²) in [7, 11) is 0. The summed E-state index contributed by atoms with van der Waals surface area (Å²) in [4.78, 5) is 7.23. The zero-order valence-corrected chi connectivity index (χ0v) is 11.9. The van der Waals surface area contributed by atoms with Crippen LogP contribution < -0.4 is 5.32 Å². The van der Waals surface area contributed by atoms with Crippen molar-refractivity contribution in [3.63, 3.8) is 0 Å². The van der Waals surface area contributed by atoms with Crippen molar-refractivity contribution in [2.24, 2.45) is 10.9 Å². The number of aliphatic imine (C=N–C) groups is 1. The Morgan fingerprint density at radius 1 is 1.35 bits per heavy atom. The number of likely N-dealkylation sites (tertiary alicyclic amines) is 1. The third kappa shape index (κ3) is 4.18. The Morgan fingerprint density at radius 3 is 2.82 bits per heavy atom. The smallest absolute Gasteiger partial charge is 0.156 e. The summed E-state index contributed by atoms with van der Waals surface area (Å²) in [6, 6.07) is 0.577. The van der Waals surface area contributed by atoms with Gasteiger partial charge in [-0.05, 0) is 51.7 Å². The molecule has 2 unspecified atom stereocenters. The fraction of sp³-hybridized carbons (Fsp3) is 0.923. The number of hydrogen-bond donors (Lipinski definition) is 1. The molecule has 3 nitrogen and oxygen atoms in total. The molecule has 0 aromatic rings. The predicted molar refractivity (Wildman–Crippen MR) is 76.8 cm³/mol. The van der Waals surface area contributed by atoms with Crippen LogP contribution in [0.1, 0.15) is 33.1 Å². The Hall–Kier alpha value is -0.220. The first-order valence-corrected chi connectivity index (χ1v) is 7.90. The summed E-state index contributed by atoms with van der Waals surface area (Å²) < 4.78 is 0. The van der Waals surface area contributed by atoms with Crippen LogP contribution in [0.5, 0.6) is 0 Å². The predicted octanol–water partition coefficient (Wildman–Crippen LogP) is 2.19. The van der Waals surface area contributed by atoms with Crippen molar-refractivity contribution in [1.82, 2.24) is 10.2 Å². The minimum atomic E-state index is 0.577. The lowest BCUT2D eigenvalue weighted by atomic mass is 10.1. The Bertz CT molecular complexity index is 261. The zero-order valence-electron chi connectivity index (χ0n) is 11.1. The molecule has 1 N–H and O–H groups in total. The van der Waals surface area contributed by atoms with Crippen LogP contribution >= 0.6 is 11.8 Å². The van der Waals surface area contributed by atoms with Crippen molar-refractivity contribution in [2.45, 2.75) is 39.2 Å². The molecule has 17 heavy (non-hydrogen) atoms. The van der Waals surface area contributed by atoms with Gasteiger partial charge in [0, 0.05) is 18.3 Å². The SMILES string of the molecule is CC1CSC(=NCCCN2CCCC2)NC1C. The van der Waals surface area contributed by atoms with Crippen molar-refractivity contribution in [3.05, 3.63) is 0 Å². The van der Waals surface area contributed by atoms with Crippen LogP contribution in [0.3, 0.4) is 0 Å². The largest absolute Gasteiger partial charge is 0.362 e. The number of amidine groups is 1. The van der Waals surface area contributed by atoms with E-state index in [0.29, 0.717) is 6.04 Å². The fourth-order valence-corrected chi connectivity index (χ4v) is 3.47. The first kappa shape index (κ1) is 13.2. The van der Waals surface area contributed by atoms with E-state index in [1.807, 2.05) is 11.8 Å². The van der Waals surface area contributed by atoms with E-state index < -0.39 is 0 Å². The molecule has 2 aliphatic heterocycles. The van der Waals surface area contributed by atoms with Gasteiger partial charge in [0.2, 0.25) is 0 Å². The van der Waals surface area contributed by atoms with Gasteiger partial charge >= 0.3 is 0 Å². The van der Waals surface area contributed by atoms with Gasteiger partial charge in [-0.25, -0.2) is 0 Å². The molecule has 2 fully saturated rings. The Morgan fingerprint density at radius 2 is 2.12 bits per heavy atom. The summed E-state index contributed by atoms with van der Waals surface area (Å²) in [6.45, 7) is 9.37. The fourth-order valence-electron chi connectivity index (χ4n) is 2.31. The topological polar surface area (TPSA) is 27.6 Å². The van der Waals surface area contributed by atoms with E-state index in [2.05, 4.69) is 29.1 Å². The van der Waals surface area contributed by atoms with Crippen LogP contribution in [0.15, 0.2) is 4.99 Å². The minimum absolute atomic E-state index is 0.577. The van der Waals surface area contributed by atoms with Gasteiger partial charge in [-0.3, -0.25) is 4.99 Å². The highest BCUT2D eigenvalue weighted by Crippen LogP contribution is 2.19. The maximum atomic E-state index is 4.67. The molecular weight excluding hydrogens is 230 g/mol. The van der Waals surface area contributed by atoms with Crippen LogP contribution in [0.25, 0.3) is 0 Å². The van der Waals surface area contributed by atoms with Crippen LogP contribution in [0, 0.1) is 5.92 Å². The molecule has 0 bridgehead atoms. The summed E-state index contributed by atoms with van der Waals surface area (Å²) in [6.07, 6.45) is 3.98. The number of nitrogens with zero attached hydrogens (tertiary/aromatic N) is 2. The standard InChI is InChI=1S/C13H25N3S/c1-11-10-17-13(15-12(11)2)14-6-5-9-16-7-3-4-8-16/h11-12H,3-10H2,1-2H3,(H,14,15). The highest BCUT2D eigenvalue weighted by atomic mass is 32.2. The van der Waals surface area contributed by atoms with E-state index in [1.165, 1.54) is 44.6 Å². The van der Waals surface area contributed by atoms with Gasteiger partial charge in [-0.1, -0.05) is 18.7 Å². The Labute approximate surface area is 109 Å². The molecule has 2 heterocycles. The molecule has 0 aromatic heterocycles. The normalized spacial score (nSPS) is 32.9. The van der Waals surface area contributed by atoms with E-state index in [-0.39, 0.29) is 0 Å². The molecule has 2 atom stereocenters. The van der Waals surface area contributed by atoms with Crippen LogP contribution in [-0.2, 0) is 0 Å². The third-order valence-corrected chi connectivity index (χ3v) is 4.99. The van der Waals surface area contributed by atoms with Crippen LogP contribution in [-0.4, -0.2) is 48.0 Å². The van der Waals surface area contributed by atoms with Gasteiger partial charge < -0.3 is 10.2 Å². The molecule has 98 valence electrons. The maximum absolute atomic E-state index is 4.67. The van der Waals surface area contributed by atoms with Crippen molar-refractivity contribution in [3.8, 4) is 0 Å². The van der Waals surface area contributed by atoms with Crippen LogP contribution in [0.2, 0.25) is 0 Å². The molecule has 2 rings (SSSR count). The number of nitrogens with one attached hydrogen (secondary N) is 1. The minimum Gasteiger partial charge on any atom is -0.362 e. The van der Waals surface area contributed by atoms with E-state index in [9.17, 15) is 0 Å². The third-order valence-electron chi connectivity index (χ3n) is 3.77. The van der Waals surface area contributed by atoms with Crippen molar-refractivity contribution < 1.29 is 0 Å². The lowest BCUT2D eigenvalue weighted by Gasteiger charge is -2.28. The van der Waals surface area contributed by atoms with Gasteiger partial charge in [-0.15, -0.1) is 0 Å².